The first-order valence-corrected chi connectivity index (χ1v) is 8.76. The second-order valence-corrected chi connectivity index (χ2v) is 7.68. The second kappa shape index (κ2) is 6.41. The van der Waals surface area contributed by atoms with Crippen LogP contribution in [0.1, 0.15) is 28.3 Å². The molecule has 0 saturated heterocycles. The van der Waals surface area contributed by atoms with Gasteiger partial charge >= 0.3 is 0 Å². The van der Waals surface area contributed by atoms with E-state index in [2.05, 4.69) is 0 Å². The smallest absolute Gasteiger partial charge is 0.156 e. The van der Waals surface area contributed by atoms with Crippen LogP contribution in [0.15, 0.2) is 48.5 Å². The van der Waals surface area contributed by atoms with E-state index in [-0.39, 0.29) is 11.5 Å². The van der Waals surface area contributed by atoms with E-state index in [9.17, 15) is 8.42 Å². The molecule has 0 fully saturated rings. The van der Waals surface area contributed by atoms with Crippen LogP contribution in [0.2, 0.25) is 0 Å². The Balaban J connectivity index is 2.12. The zero-order valence-corrected chi connectivity index (χ0v) is 13.2. The number of aryl methyl sites for hydroxylation is 2. The number of hydrogen-bond acceptors (Lipinski definition) is 3. The highest BCUT2D eigenvalue weighted by atomic mass is 32.2. The summed E-state index contributed by atoms with van der Waals surface area (Å²) in [4.78, 5) is 0. The predicted octanol–water partition coefficient (Wildman–Crippen LogP) is 2.92. The summed E-state index contributed by atoms with van der Waals surface area (Å²) >= 11 is 0. The van der Waals surface area contributed by atoms with Crippen LogP contribution in [-0.4, -0.2) is 14.2 Å². The van der Waals surface area contributed by atoms with Gasteiger partial charge in [0.05, 0.1) is 11.5 Å². The van der Waals surface area contributed by atoms with Gasteiger partial charge in [-0.1, -0.05) is 59.7 Å². The number of sulfone groups is 1. The lowest BCUT2D eigenvalue weighted by atomic mass is 10.1. The van der Waals surface area contributed by atoms with Gasteiger partial charge < -0.3 is 5.73 Å². The topological polar surface area (TPSA) is 60.2 Å². The molecular weight excluding hydrogens is 282 g/mol. The Morgan fingerprint density at radius 3 is 2.14 bits per heavy atom. The minimum absolute atomic E-state index is 0.0377. The van der Waals surface area contributed by atoms with Gasteiger partial charge in [-0.15, -0.1) is 0 Å². The highest BCUT2D eigenvalue weighted by molar-refractivity contribution is 7.90. The van der Waals surface area contributed by atoms with Crippen molar-refractivity contribution in [1.82, 2.24) is 0 Å². The molecule has 0 heterocycles. The zero-order valence-electron chi connectivity index (χ0n) is 12.4. The molecule has 2 N–H and O–H groups in total. The van der Waals surface area contributed by atoms with Crippen molar-refractivity contribution in [3.63, 3.8) is 0 Å². The SMILES string of the molecule is Cc1cc(C)cc(CS(=O)(=O)CC(N)c2ccccc2)c1. The van der Waals surface area contributed by atoms with Crippen LogP contribution in [0.4, 0.5) is 0 Å². The molecule has 0 radical (unpaired) electrons. The molecule has 2 aromatic rings. The van der Waals surface area contributed by atoms with Gasteiger partial charge in [0.2, 0.25) is 0 Å². The Labute approximate surface area is 126 Å². The summed E-state index contributed by atoms with van der Waals surface area (Å²) in [7, 11) is -3.24. The van der Waals surface area contributed by atoms with Crippen LogP contribution in [0.5, 0.6) is 0 Å². The zero-order chi connectivity index (χ0) is 15.5. The summed E-state index contributed by atoms with van der Waals surface area (Å²) in [6.45, 7) is 3.94. The first-order chi connectivity index (χ1) is 9.85. The first kappa shape index (κ1) is 15.7. The van der Waals surface area contributed by atoms with Crippen molar-refractivity contribution in [3.8, 4) is 0 Å². The molecule has 0 amide bonds. The molecule has 0 aliphatic rings. The van der Waals surface area contributed by atoms with Crippen LogP contribution in [0.25, 0.3) is 0 Å². The Hall–Kier alpha value is -1.65. The number of nitrogens with two attached hydrogens (primary N) is 1. The number of hydrogen-bond donors (Lipinski definition) is 1. The van der Waals surface area contributed by atoms with Gasteiger partial charge in [-0.3, -0.25) is 0 Å². The van der Waals surface area contributed by atoms with Crippen LogP contribution >= 0.6 is 0 Å². The lowest BCUT2D eigenvalue weighted by Gasteiger charge is -2.13. The Morgan fingerprint density at radius 2 is 1.57 bits per heavy atom. The molecule has 3 nitrogen and oxygen atoms in total. The number of benzene rings is 2. The third-order valence-electron chi connectivity index (χ3n) is 3.33. The van der Waals surface area contributed by atoms with E-state index in [1.807, 2.05) is 62.4 Å². The van der Waals surface area contributed by atoms with Gasteiger partial charge in [-0.2, -0.15) is 0 Å². The van der Waals surface area contributed by atoms with Crippen molar-refractivity contribution < 1.29 is 8.42 Å². The first-order valence-electron chi connectivity index (χ1n) is 6.94. The lowest BCUT2D eigenvalue weighted by Crippen LogP contribution is -2.22. The third kappa shape index (κ3) is 4.69. The molecule has 2 aromatic carbocycles. The maximum atomic E-state index is 12.3. The maximum absolute atomic E-state index is 12.3. The molecule has 0 spiro atoms. The molecule has 21 heavy (non-hydrogen) atoms. The van der Waals surface area contributed by atoms with Crippen LogP contribution in [-0.2, 0) is 15.6 Å². The average Bonchev–Trinajstić information content (AvgIpc) is 2.37. The normalized spacial score (nSPS) is 13.1. The fraction of sp³-hybridized carbons (Fsp3) is 0.294. The fourth-order valence-electron chi connectivity index (χ4n) is 2.54. The van der Waals surface area contributed by atoms with E-state index >= 15 is 0 Å². The van der Waals surface area contributed by atoms with E-state index in [0.717, 1.165) is 22.3 Å². The quantitative estimate of drug-likeness (QED) is 0.924. The molecule has 0 aliphatic heterocycles. The minimum atomic E-state index is -3.24. The van der Waals surface area contributed by atoms with E-state index in [1.165, 1.54) is 0 Å². The molecule has 2 rings (SSSR count). The average molecular weight is 303 g/mol. The maximum Gasteiger partial charge on any atom is 0.156 e. The van der Waals surface area contributed by atoms with Crippen molar-refractivity contribution in [2.75, 3.05) is 5.75 Å². The van der Waals surface area contributed by atoms with Crippen LogP contribution < -0.4 is 5.73 Å². The highest BCUT2D eigenvalue weighted by Crippen LogP contribution is 2.17. The monoisotopic (exact) mass is 303 g/mol. The molecule has 1 atom stereocenters. The number of rotatable bonds is 5. The summed E-state index contributed by atoms with van der Waals surface area (Å²) in [6, 6.07) is 14.7. The van der Waals surface area contributed by atoms with Gasteiger partial charge in [0.15, 0.2) is 9.84 Å². The minimum Gasteiger partial charge on any atom is -0.323 e. The standard InChI is InChI=1S/C17H21NO2S/c1-13-8-14(2)10-15(9-13)11-21(19,20)12-17(18)16-6-4-3-5-7-16/h3-10,17H,11-12,18H2,1-2H3. The van der Waals surface area contributed by atoms with E-state index in [0.29, 0.717) is 0 Å². The van der Waals surface area contributed by atoms with Crippen molar-refractivity contribution in [3.05, 3.63) is 70.8 Å². The van der Waals surface area contributed by atoms with Gasteiger partial charge in [0, 0.05) is 6.04 Å². The summed E-state index contributed by atoms with van der Waals surface area (Å²) in [5.74, 6) is 0.0000560. The third-order valence-corrected chi connectivity index (χ3v) is 4.97. The van der Waals surface area contributed by atoms with Gasteiger partial charge in [0.1, 0.15) is 0 Å². The highest BCUT2D eigenvalue weighted by Gasteiger charge is 2.18. The van der Waals surface area contributed by atoms with Crippen molar-refractivity contribution >= 4 is 9.84 Å². The Kier molecular flexibility index (Phi) is 4.80. The fourth-order valence-corrected chi connectivity index (χ4v) is 4.07. The summed E-state index contributed by atoms with van der Waals surface area (Å²) < 4.78 is 24.7. The molecule has 112 valence electrons. The summed E-state index contributed by atoms with van der Waals surface area (Å²) in [5, 5.41) is 0. The van der Waals surface area contributed by atoms with E-state index in [4.69, 9.17) is 5.73 Å². The molecule has 4 heteroatoms. The molecule has 0 aromatic heterocycles. The Bertz CT molecular complexity index is 689. The second-order valence-electron chi connectivity index (χ2n) is 5.57. The predicted molar refractivity (Wildman–Crippen MR) is 86.8 cm³/mol. The van der Waals surface area contributed by atoms with Crippen molar-refractivity contribution in [2.45, 2.75) is 25.6 Å². The van der Waals surface area contributed by atoms with Crippen LogP contribution in [0.3, 0.4) is 0 Å². The van der Waals surface area contributed by atoms with Crippen molar-refractivity contribution in [1.29, 1.82) is 0 Å². The molecule has 1 unspecified atom stereocenters. The van der Waals surface area contributed by atoms with Crippen LogP contribution in [0, 0.1) is 13.8 Å². The largest absolute Gasteiger partial charge is 0.323 e. The van der Waals surface area contributed by atoms with E-state index < -0.39 is 15.9 Å². The van der Waals surface area contributed by atoms with Gasteiger partial charge in [0.25, 0.3) is 0 Å². The van der Waals surface area contributed by atoms with Gasteiger partial charge in [-0.25, -0.2) is 8.42 Å². The molecule has 0 bridgehead atoms. The molecular formula is C17H21NO2S. The van der Waals surface area contributed by atoms with Crippen molar-refractivity contribution in [2.24, 2.45) is 5.73 Å². The lowest BCUT2D eigenvalue weighted by molar-refractivity contribution is 0.588. The van der Waals surface area contributed by atoms with E-state index in [1.54, 1.807) is 0 Å². The Morgan fingerprint density at radius 1 is 1.00 bits per heavy atom. The molecule has 0 saturated carbocycles. The molecule has 0 aliphatic carbocycles. The summed E-state index contributed by atoms with van der Waals surface area (Å²) in [6.07, 6.45) is 0. The van der Waals surface area contributed by atoms with Gasteiger partial charge in [-0.05, 0) is 25.0 Å². The summed E-state index contributed by atoms with van der Waals surface area (Å²) in [5.41, 5.74) is 9.84.